The first-order chi connectivity index (χ1) is 9.06. The molecule has 2 N–H and O–H groups in total. The molecule has 19 heavy (non-hydrogen) atoms. The molecule has 1 amide bonds. The summed E-state index contributed by atoms with van der Waals surface area (Å²) in [5.74, 6) is 0. The van der Waals surface area contributed by atoms with Crippen molar-refractivity contribution in [3.05, 3.63) is 46.2 Å². The fourth-order valence-corrected chi connectivity index (χ4v) is 1.86. The fraction of sp³-hybridized carbons (Fsp3) is 0.182. The summed E-state index contributed by atoms with van der Waals surface area (Å²) in [7, 11) is 0. The first-order valence-electron chi connectivity index (χ1n) is 5.31. The van der Waals surface area contributed by atoms with Gasteiger partial charge in [0.05, 0.1) is 22.4 Å². The van der Waals surface area contributed by atoms with E-state index in [4.69, 9.17) is 33.7 Å². The topological polar surface area (TPSA) is 83.0 Å². The van der Waals surface area contributed by atoms with Gasteiger partial charge < -0.3 is 10.5 Å². The lowest BCUT2D eigenvalue weighted by atomic mass is 10.1. The molecule has 0 aliphatic carbocycles. The second kappa shape index (κ2) is 5.90. The molecule has 1 aromatic heterocycles. The molecule has 0 radical (unpaired) electrons. The summed E-state index contributed by atoms with van der Waals surface area (Å²) < 4.78 is 5.04. The van der Waals surface area contributed by atoms with Crippen molar-refractivity contribution in [3.8, 4) is 0 Å². The average Bonchev–Trinajstić information content (AvgIpc) is 2.84. The quantitative estimate of drug-likeness (QED) is 0.940. The van der Waals surface area contributed by atoms with Gasteiger partial charge >= 0.3 is 6.09 Å². The minimum absolute atomic E-state index is 0.230. The number of carbonyl (C=O) groups excluding carboxylic acids is 1. The Labute approximate surface area is 119 Å². The van der Waals surface area contributed by atoms with Gasteiger partial charge in [0, 0.05) is 0 Å². The lowest BCUT2D eigenvalue weighted by Gasteiger charge is -2.16. The molecular formula is C11H10Cl2N4O2. The van der Waals surface area contributed by atoms with Crippen LogP contribution in [0.2, 0.25) is 10.0 Å². The van der Waals surface area contributed by atoms with Crippen molar-refractivity contribution in [2.45, 2.75) is 12.6 Å². The van der Waals surface area contributed by atoms with Crippen molar-refractivity contribution in [1.29, 1.82) is 0 Å². The summed E-state index contributed by atoms with van der Waals surface area (Å²) in [5, 5.41) is 8.67. The van der Waals surface area contributed by atoms with Gasteiger partial charge in [-0.05, 0) is 17.7 Å². The standard InChI is InChI=1S/C11H10Cl2N4O2/c12-8-2-1-7(5-9(8)13)10(19-11(14)18)6-17-15-3-4-16-17/h1-5,10H,6H2,(H2,14,18)/t10-/m1/s1. The van der Waals surface area contributed by atoms with Crippen molar-refractivity contribution in [2.75, 3.05) is 0 Å². The Morgan fingerprint density at radius 3 is 2.58 bits per heavy atom. The number of carbonyl (C=O) groups is 1. The van der Waals surface area contributed by atoms with Gasteiger partial charge in [-0.1, -0.05) is 29.3 Å². The van der Waals surface area contributed by atoms with Gasteiger partial charge in [-0.15, -0.1) is 0 Å². The third-order valence-electron chi connectivity index (χ3n) is 2.37. The third kappa shape index (κ3) is 3.59. The van der Waals surface area contributed by atoms with Gasteiger partial charge in [0.25, 0.3) is 0 Å². The van der Waals surface area contributed by atoms with Crippen LogP contribution in [0.5, 0.6) is 0 Å². The second-order valence-electron chi connectivity index (χ2n) is 3.68. The van der Waals surface area contributed by atoms with Gasteiger partial charge in [-0.3, -0.25) is 0 Å². The average molecular weight is 301 g/mol. The number of hydrogen-bond acceptors (Lipinski definition) is 4. The summed E-state index contributed by atoms with van der Waals surface area (Å²) in [6.45, 7) is 0.230. The zero-order valence-electron chi connectivity index (χ0n) is 9.66. The monoisotopic (exact) mass is 300 g/mol. The van der Waals surface area contributed by atoms with E-state index >= 15 is 0 Å². The van der Waals surface area contributed by atoms with E-state index in [9.17, 15) is 4.79 Å². The Morgan fingerprint density at radius 2 is 2.00 bits per heavy atom. The number of ether oxygens (including phenoxy) is 1. The molecule has 0 fully saturated rings. The highest BCUT2D eigenvalue weighted by Crippen LogP contribution is 2.27. The maximum Gasteiger partial charge on any atom is 0.405 e. The number of hydrogen-bond donors (Lipinski definition) is 1. The van der Waals surface area contributed by atoms with Gasteiger partial charge in [0.1, 0.15) is 6.54 Å². The minimum Gasteiger partial charge on any atom is -0.439 e. The van der Waals surface area contributed by atoms with E-state index in [1.807, 2.05) is 0 Å². The van der Waals surface area contributed by atoms with Crippen LogP contribution in [0.25, 0.3) is 0 Å². The highest BCUT2D eigenvalue weighted by molar-refractivity contribution is 6.42. The van der Waals surface area contributed by atoms with Crippen molar-refractivity contribution in [3.63, 3.8) is 0 Å². The van der Waals surface area contributed by atoms with E-state index in [1.54, 1.807) is 18.2 Å². The molecular weight excluding hydrogens is 291 g/mol. The smallest absolute Gasteiger partial charge is 0.405 e. The lowest BCUT2D eigenvalue weighted by Crippen LogP contribution is -2.22. The van der Waals surface area contributed by atoms with E-state index < -0.39 is 12.2 Å². The van der Waals surface area contributed by atoms with Crippen LogP contribution < -0.4 is 5.73 Å². The molecule has 100 valence electrons. The highest BCUT2D eigenvalue weighted by Gasteiger charge is 2.18. The molecule has 0 aliphatic rings. The molecule has 2 rings (SSSR count). The maximum absolute atomic E-state index is 11.0. The Bertz CT molecular complexity index is 574. The van der Waals surface area contributed by atoms with Gasteiger partial charge in [0.15, 0.2) is 6.10 Å². The molecule has 0 unspecified atom stereocenters. The summed E-state index contributed by atoms with van der Waals surface area (Å²) >= 11 is 11.8. The number of amides is 1. The Hall–Kier alpha value is -1.79. The SMILES string of the molecule is NC(=O)O[C@H](Cn1nccn1)c1ccc(Cl)c(Cl)c1. The molecule has 6 nitrogen and oxygen atoms in total. The zero-order valence-corrected chi connectivity index (χ0v) is 11.2. The van der Waals surface area contributed by atoms with E-state index in [1.165, 1.54) is 17.2 Å². The summed E-state index contributed by atoms with van der Waals surface area (Å²) in [6, 6.07) is 4.93. The Morgan fingerprint density at radius 1 is 1.32 bits per heavy atom. The minimum atomic E-state index is -0.886. The molecule has 1 aromatic carbocycles. The van der Waals surface area contributed by atoms with Gasteiger partial charge in [0.2, 0.25) is 0 Å². The number of nitrogens with zero attached hydrogens (tertiary/aromatic N) is 3. The summed E-state index contributed by atoms with van der Waals surface area (Å²) in [6.07, 6.45) is 1.52. The largest absolute Gasteiger partial charge is 0.439 e. The number of nitrogens with two attached hydrogens (primary N) is 1. The maximum atomic E-state index is 11.0. The van der Waals surface area contributed by atoms with Crippen molar-refractivity contribution < 1.29 is 9.53 Å². The lowest BCUT2D eigenvalue weighted by molar-refractivity contribution is 0.0904. The molecule has 0 saturated heterocycles. The summed E-state index contributed by atoms with van der Waals surface area (Å²) in [4.78, 5) is 12.3. The van der Waals surface area contributed by atoms with E-state index in [0.717, 1.165) is 0 Å². The van der Waals surface area contributed by atoms with E-state index in [0.29, 0.717) is 15.6 Å². The van der Waals surface area contributed by atoms with Crippen LogP contribution in [-0.2, 0) is 11.3 Å². The Kier molecular flexibility index (Phi) is 4.24. The first-order valence-corrected chi connectivity index (χ1v) is 6.07. The molecule has 2 aromatic rings. The molecule has 0 aliphatic heterocycles. The van der Waals surface area contributed by atoms with Crippen molar-refractivity contribution in [2.24, 2.45) is 5.73 Å². The van der Waals surface area contributed by atoms with Crippen LogP contribution in [0, 0.1) is 0 Å². The predicted molar refractivity (Wildman–Crippen MR) is 69.9 cm³/mol. The normalized spacial score (nSPS) is 12.1. The molecule has 0 spiro atoms. The van der Waals surface area contributed by atoms with Crippen LogP contribution in [-0.4, -0.2) is 21.1 Å². The van der Waals surface area contributed by atoms with E-state index in [2.05, 4.69) is 10.2 Å². The van der Waals surface area contributed by atoms with Crippen LogP contribution in [0.15, 0.2) is 30.6 Å². The number of aromatic nitrogens is 3. The van der Waals surface area contributed by atoms with Crippen molar-refractivity contribution in [1.82, 2.24) is 15.0 Å². The Balaban J connectivity index is 2.25. The molecule has 1 atom stereocenters. The van der Waals surface area contributed by atoms with Crippen LogP contribution in [0.1, 0.15) is 11.7 Å². The van der Waals surface area contributed by atoms with Crippen LogP contribution in [0.4, 0.5) is 4.79 Å². The number of benzene rings is 1. The molecule has 8 heteroatoms. The van der Waals surface area contributed by atoms with E-state index in [-0.39, 0.29) is 6.54 Å². The molecule has 0 saturated carbocycles. The van der Waals surface area contributed by atoms with Crippen LogP contribution in [0.3, 0.4) is 0 Å². The first kappa shape index (κ1) is 13.6. The molecule has 1 heterocycles. The third-order valence-corrected chi connectivity index (χ3v) is 3.11. The summed E-state index contributed by atoms with van der Waals surface area (Å²) in [5.41, 5.74) is 5.72. The van der Waals surface area contributed by atoms with Crippen LogP contribution >= 0.6 is 23.2 Å². The fourth-order valence-electron chi connectivity index (χ4n) is 1.55. The number of halogens is 2. The second-order valence-corrected chi connectivity index (χ2v) is 4.50. The predicted octanol–water partition coefficient (Wildman–Crippen LogP) is 2.42. The highest BCUT2D eigenvalue weighted by atomic mass is 35.5. The van der Waals surface area contributed by atoms with Crippen molar-refractivity contribution >= 4 is 29.3 Å². The number of primary amides is 1. The molecule has 0 bridgehead atoms. The van der Waals surface area contributed by atoms with Gasteiger partial charge in [-0.25, -0.2) is 4.79 Å². The van der Waals surface area contributed by atoms with Gasteiger partial charge in [-0.2, -0.15) is 15.0 Å². The zero-order chi connectivity index (χ0) is 13.8. The number of rotatable bonds is 4.